The molecule has 1 rings (SSSR count). The van der Waals surface area contributed by atoms with E-state index >= 15 is 0 Å². The predicted molar refractivity (Wildman–Crippen MR) is 60.8 cm³/mol. The number of hydrogen-bond acceptors (Lipinski definition) is 2. The molecule has 92 valence electrons. The largest absolute Gasteiger partial charge is 0.259 e. The number of nitro groups is 1. The van der Waals surface area contributed by atoms with Crippen LogP contribution in [0, 0.1) is 27.7 Å². The SMILES string of the molecule is CC(C)CC(=Cc1cccc(F)c1F)[N+](=O)[O-]. The molecule has 0 aliphatic rings. The van der Waals surface area contributed by atoms with E-state index in [2.05, 4.69) is 0 Å². The van der Waals surface area contributed by atoms with E-state index in [1.807, 2.05) is 13.8 Å². The van der Waals surface area contributed by atoms with Gasteiger partial charge in [0, 0.05) is 18.1 Å². The van der Waals surface area contributed by atoms with Gasteiger partial charge in [0.05, 0.1) is 4.92 Å². The maximum atomic E-state index is 13.3. The van der Waals surface area contributed by atoms with Gasteiger partial charge >= 0.3 is 0 Å². The van der Waals surface area contributed by atoms with Gasteiger partial charge in [-0.15, -0.1) is 0 Å². The molecule has 0 fully saturated rings. The number of nitrogens with zero attached hydrogens (tertiary/aromatic N) is 1. The van der Waals surface area contributed by atoms with Crippen molar-refractivity contribution >= 4 is 6.08 Å². The van der Waals surface area contributed by atoms with Crippen LogP contribution in [0.1, 0.15) is 25.8 Å². The fraction of sp³-hybridized carbons (Fsp3) is 0.333. The van der Waals surface area contributed by atoms with Gasteiger partial charge < -0.3 is 0 Å². The van der Waals surface area contributed by atoms with Crippen LogP contribution in [-0.4, -0.2) is 4.92 Å². The van der Waals surface area contributed by atoms with E-state index in [0.717, 1.165) is 12.1 Å². The molecule has 0 saturated heterocycles. The van der Waals surface area contributed by atoms with Crippen LogP contribution in [0.3, 0.4) is 0 Å². The topological polar surface area (TPSA) is 43.1 Å². The Kier molecular flexibility index (Phi) is 4.31. The lowest BCUT2D eigenvalue weighted by atomic mass is 10.1. The molecule has 1 aromatic carbocycles. The van der Waals surface area contributed by atoms with Crippen LogP contribution in [0.2, 0.25) is 0 Å². The van der Waals surface area contributed by atoms with Gasteiger partial charge in [0.1, 0.15) is 0 Å². The number of rotatable bonds is 4. The van der Waals surface area contributed by atoms with Gasteiger partial charge in [-0.25, -0.2) is 8.78 Å². The van der Waals surface area contributed by atoms with Gasteiger partial charge in [-0.1, -0.05) is 26.0 Å². The maximum Gasteiger partial charge on any atom is 0.247 e. The van der Waals surface area contributed by atoms with Crippen LogP contribution in [-0.2, 0) is 0 Å². The summed E-state index contributed by atoms with van der Waals surface area (Å²) in [6, 6.07) is 3.60. The highest BCUT2D eigenvalue weighted by molar-refractivity contribution is 5.51. The van der Waals surface area contributed by atoms with Gasteiger partial charge in [0.15, 0.2) is 11.6 Å². The highest BCUT2D eigenvalue weighted by Gasteiger charge is 2.15. The molecule has 0 aromatic heterocycles. The molecule has 1 aromatic rings. The zero-order chi connectivity index (χ0) is 13.0. The third kappa shape index (κ3) is 3.62. The minimum atomic E-state index is -1.06. The smallest absolute Gasteiger partial charge is 0.247 e. The molecule has 5 heteroatoms. The first-order valence-corrected chi connectivity index (χ1v) is 5.20. The molecule has 0 saturated carbocycles. The molecule has 0 radical (unpaired) electrons. The summed E-state index contributed by atoms with van der Waals surface area (Å²) in [5, 5.41) is 10.8. The summed E-state index contributed by atoms with van der Waals surface area (Å²) in [4.78, 5) is 10.2. The highest BCUT2D eigenvalue weighted by Crippen LogP contribution is 2.19. The van der Waals surface area contributed by atoms with E-state index < -0.39 is 16.6 Å². The van der Waals surface area contributed by atoms with Gasteiger partial charge in [-0.05, 0) is 12.0 Å². The lowest BCUT2D eigenvalue weighted by Crippen LogP contribution is -2.03. The number of allylic oxidation sites excluding steroid dienone is 1. The Morgan fingerprint density at radius 1 is 1.47 bits per heavy atom. The lowest BCUT2D eigenvalue weighted by molar-refractivity contribution is -0.427. The predicted octanol–water partition coefficient (Wildman–Crippen LogP) is 3.63. The molecule has 0 amide bonds. The Balaban J connectivity index is 3.13. The minimum absolute atomic E-state index is 0.0725. The number of hydrogen-bond donors (Lipinski definition) is 0. The quantitative estimate of drug-likeness (QED) is 0.596. The molecule has 0 aliphatic carbocycles. The van der Waals surface area contributed by atoms with Crippen LogP contribution in [0.5, 0.6) is 0 Å². The molecular weight excluding hydrogens is 228 g/mol. The van der Waals surface area contributed by atoms with Crippen molar-refractivity contribution in [2.45, 2.75) is 20.3 Å². The molecule has 0 unspecified atom stereocenters. The normalized spacial score (nSPS) is 11.9. The third-order valence-corrected chi connectivity index (χ3v) is 2.16. The lowest BCUT2D eigenvalue weighted by Gasteiger charge is -2.03. The van der Waals surface area contributed by atoms with Crippen LogP contribution in [0.4, 0.5) is 8.78 Å². The van der Waals surface area contributed by atoms with Crippen LogP contribution < -0.4 is 0 Å². The molecule has 0 heterocycles. The van der Waals surface area contributed by atoms with Crippen molar-refractivity contribution in [1.82, 2.24) is 0 Å². The summed E-state index contributed by atoms with van der Waals surface area (Å²) in [5.41, 5.74) is -0.221. The van der Waals surface area contributed by atoms with Crippen molar-refractivity contribution in [1.29, 1.82) is 0 Å². The first kappa shape index (κ1) is 13.3. The Bertz CT molecular complexity index is 456. The monoisotopic (exact) mass is 241 g/mol. The molecule has 0 bridgehead atoms. The molecule has 0 aliphatic heterocycles. The van der Waals surface area contributed by atoms with E-state index in [1.54, 1.807) is 0 Å². The van der Waals surface area contributed by atoms with Gasteiger partial charge in [0.2, 0.25) is 5.70 Å². The van der Waals surface area contributed by atoms with Crippen molar-refractivity contribution in [2.24, 2.45) is 5.92 Å². The summed E-state index contributed by atoms with van der Waals surface area (Å²) in [6.07, 6.45) is 1.29. The first-order chi connectivity index (χ1) is 7.91. The van der Waals surface area contributed by atoms with E-state index in [0.29, 0.717) is 0 Å². The van der Waals surface area contributed by atoms with Crippen molar-refractivity contribution in [3.8, 4) is 0 Å². The second kappa shape index (κ2) is 5.52. The van der Waals surface area contributed by atoms with Gasteiger partial charge in [-0.2, -0.15) is 0 Å². The summed E-state index contributed by atoms with van der Waals surface area (Å²) >= 11 is 0. The minimum Gasteiger partial charge on any atom is -0.259 e. The van der Waals surface area contributed by atoms with E-state index in [1.165, 1.54) is 12.1 Å². The Hall–Kier alpha value is -1.78. The molecule has 3 nitrogen and oxygen atoms in total. The number of benzene rings is 1. The molecule has 0 N–H and O–H groups in total. The Labute approximate surface area is 97.9 Å². The fourth-order valence-electron chi connectivity index (χ4n) is 1.42. The molecular formula is C12H13F2NO2. The van der Waals surface area contributed by atoms with Gasteiger partial charge in [0.25, 0.3) is 0 Å². The van der Waals surface area contributed by atoms with Crippen molar-refractivity contribution in [2.75, 3.05) is 0 Å². The summed E-state index contributed by atoms with van der Waals surface area (Å²) in [7, 11) is 0. The molecule has 17 heavy (non-hydrogen) atoms. The summed E-state index contributed by atoms with van der Waals surface area (Å²) in [6.45, 7) is 3.64. The van der Waals surface area contributed by atoms with Crippen LogP contribution >= 0.6 is 0 Å². The Morgan fingerprint density at radius 2 is 2.12 bits per heavy atom. The molecule has 0 spiro atoms. The van der Waals surface area contributed by atoms with Crippen LogP contribution in [0.15, 0.2) is 23.9 Å². The van der Waals surface area contributed by atoms with E-state index in [9.17, 15) is 18.9 Å². The summed E-state index contributed by atoms with van der Waals surface area (Å²) < 4.78 is 26.2. The second-order valence-electron chi connectivity index (χ2n) is 4.13. The summed E-state index contributed by atoms with van der Waals surface area (Å²) in [5.74, 6) is -2.00. The molecule has 0 atom stereocenters. The van der Waals surface area contributed by atoms with Crippen molar-refractivity contribution in [3.63, 3.8) is 0 Å². The fourth-order valence-corrected chi connectivity index (χ4v) is 1.42. The van der Waals surface area contributed by atoms with Crippen molar-refractivity contribution in [3.05, 3.63) is 51.2 Å². The maximum absolute atomic E-state index is 13.3. The zero-order valence-corrected chi connectivity index (χ0v) is 9.61. The Morgan fingerprint density at radius 3 is 2.65 bits per heavy atom. The van der Waals surface area contributed by atoms with Crippen molar-refractivity contribution < 1.29 is 13.7 Å². The second-order valence-corrected chi connectivity index (χ2v) is 4.13. The van der Waals surface area contributed by atoms with Crippen LogP contribution in [0.25, 0.3) is 6.08 Å². The number of halogens is 2. The standard InChI is InChI=1S/C12H13F2NO2/c1-8(2)6-10(15(16)17)7-9-4-3-5-11(13)12(9)14/h3-5,7-8H,6H2,1-2H3. The van der Waals surface area contributed by atoms with Gasteiger partial charge in [-0.3, -0.25) is 10.1 Å². The van der Waals surface area contributed by atoms with E-state index in [-0.39, 0.29) is 23.6 Å². The van der Waals surface area contributed by atoms with E-state index in [4.69, 9.17) is 0 Å². The zero-order valence-electron chi connectivity index (χ0n) is 9.61. The average Bonchev–Trinajstić information content (AvgIpc) is 2.22. The first-order valence-electron chi connectivity index (χ1n) is 5.20. The highest BCUT2D eigenvalue weighted by atomic mass is 19.2. The third-order valence-electron chi connectivity index (χ3n) is 2.16. The average molecular weight is 241 g/mol.